The van der Waals surface area contributed by atoms with E-state index in [9.17, 15) is 4.79 Å². The number of benzene rings is 1. The van der Waals surface area contributed by atoms with E-state index in [2.05, 4.69) is 62.4 Å². The summed E-state index contributed by atoms with van der Waals surface area (Å²) in [6, 6.07) is 10.7. The lowest BCUT2D eigenvalue weighted by Crippen LogP contribution is -2.53. The summed E-state index contributed by atoms with van der Waals surface area (Å²) in [5, 5.41) is 0. The van der Waals surface area contributed by atoms with E-state index >= 15 is 0 Å². The Kier molecular flexibility index (Phi) is 5.39. The van der Waals surface area contributed by atoms with Crippen LogP contribution in [-0.2, 0) is 9.53 Å². The van der Waals surface area contributed by atoms with Crippen molar-refractivity contribution >= 4 is 12.0 Å². The van der Waals surface area contributed by atoms with Crippen molar-refractivity contribution < 1.29 is 9.53 Å². The Morgan fingerprint density at radius 2 is 1.81 bits per heavy atom. The highest BCUT2D eigenvalue weighted by Crippen LogP contribution is 2.66. The molecule has 3 fully saturated rings. The molecule has 0 unspecified atom stereocenters. The van der Waals surface area contributed by atoms with Crippen LogP contribution in [0.1, 0.15) is 77.7 Å². The number of esters is 1. The minimum Gasteiger partial charge on any atom is -0.463 e. The Bertz CT molecular complexity index is 883. The number of allylic oxidation sites excluding steroid dienone is 3. The second-order valence-corrected chi connectivity index (χ2v) is 11.3. The monoisotopic (exact) mass is 418 g/mol. The van der Waals surface area contributed by atoms with Crippen molar-refractivity contribution in [3.05, 3.63) is 53.6 Å². The summed E-state index contributed by atoms with van der Waals surface area (Å²) < 4.78 is 5.63. The van der Waals surface area contributed by atoms with E-state index in [4.69, 9.17) is 4.74 Å². The molecule has 166 valence electrons. The van der Waals surface area contributed by atoms with E-state index in [1.165, 1.54) is 44.1 Å². The highest BCUT2D eigenvalue weighted by Gasteiger charge is 2.58. The van der Waals surface area contributed by atoms with Crippen LogP contribution in [0.2, 0.25) is 0 Å². The van der Waals surface area contributed by atoms with Crippen LogP contribution in [0, 0.1) is 34.5 Å². The van der Waals surface area contributed by atoms with Gasteiger partial charge in [-0.25, -0.2) is 0 Å². The van der Waals surface area contributed by atoms with Gasteiger partial charge in [0.05, 0.1) is 0 Å². The fourth-order valence-corrected chi connectivity index (χ4v) is 8.17. The van der Waals surface area contributed by atoms with Gasteiger partial charge in [0.2, 0.25) is 0 Å². The molecule has 4 aliphatic carbocycles. The molecule has 1 aromatic rings. The van der Waals surface area contributed by atoms with Crippen LogP contribution in [0.3, 0.4) is 0 Å². The van der Waals surface area contributed by atoms with Gasteiger partial charge in [-0.1, -0.05) is 62.4 Å². The van der Waals surface area contributed by atoms with E-state index in [1.807, 2.05) is 0 Å². The molecule has 7 atom stereocenters. The average molecular weight is 419 g/mol. The third-order valence-electron chi connectivity index (χ3n) is 9.85. The van der Waals surface area contributed by atoms with Gasteiger partial charge in [-0.05, 0) is 97.0 Å². The SMILES string of the molecule is CC(=O)O[C@H]1CC[C@@]2(C)[C@H](CC[C@@H]3[C@H]4CC=C(C=Cc5ccccc5)[C@@]4(C)CC[C@@H]32)C1. The maximum Gasteiger partial charge on any atom is 0.302 e. The molecule has 0 amide bonds. The molecule has 2 heteroatoms. The van der Waals surface area contributed by atoms with E-state index < -0.39 is 0 Å². The zero-order valence-corrected chi connectivity index (χ0v) is 19.5. The Morgan fingerprint density at radius 1 is 1.00 bits per heavy atom. The van der Waals surface area contributed by atoms with Gasteiger partial charge in [0.15, 0.2) is 0 Å². The minimum atomic E-state index is -0.108. The third kappa shape index (κ3) is 3.60. The first-order valence-corrected chi connectivity index (χ1v) is 12.5. The second-order valence-electron chi connectivity index (χ2n) is 11.3. The zero-order chi connectivity index (χ0) is 21.6. The summed E-state index contributed by atoms with van der Waals surface area (Å²) in [4.78, 5) is 11.5. The van der Waals surface area contributed by atoms with Crippen molar-refractivity contribution in [2.24, 2.45) is 34.5 Å². The van der Waals surface area contributed by atoms with Crippen LogP contribution in [0.5, 0.6) is 0 Å². The van der Waals surface area contributed by atoms with Crippen LogP contribution in [-0.4, -0.2) is 12.1 Å². The molecule has 5 rings (SSSR count). The van der Waals surface area contributed by atoms with Gasteiger partial charge in [0.1, 0.15) is 6.10 Å². The van der Waals surface area contributed by atoms with Crippen molar-refractivity contribution in [3.8, 4) is 0 Å². The first-order chi connectivity index (χ1) is 14.9. The average Bonchev–Trinajstić information content (AvgIpc) is 3.09. The molecule has 0 aliphatic heterocycles. The van der Waals surface area contributed by atoms with Crippen LogP contribution >= 0.6 is 0 Å². The largest absolute Gasteiger partial charge is 0.463 e. The lowest BCUT2D eigenvalue weighted by atomic mass is 9.44. The Balaban J connectivity index is 1.32. The number of carbonyl (C=O) groups is 1. The molecule has 0 N–H and O–H groups in total. The first kappa shape index (κ1) is 21.0. The summed E-state index contributed by atoms with van der Waals surface area (Å²) in [5.41, 5.74) is 3.64. The fourth-order valence-electron chi connectivity index (χ4n) is 8.17. The molecule has 0 saturated heterocycles. The van der Waals surface area contributed by atoms with E-state index in [1.54, 1.807) is 12.5 Å². The summed E-state index contributed by atoms with van der Waals surface area (Å²) >= 11 is 0. The zero-order valence-electron chi connectivity index (χ0n) is 19.5. The maximum atomic E-state index is 11.5. The standard InChI is InChI=1S/C29H38O2/c1-20(30)31-24-15-17-29(3)23(19-24)11-13-25-26-14-12-22(28(26,2)18-16-27(25)29)10-9-21-7-5-4-6-8-21/h4-10,12,23-27H,11,13-19H2,1-3H3/t23-,24+,25-,26-,27+,28-,29+/m1/s1. The van der Waals surface area contributed by atoms with E-state index in [-0.39, 0.29) is 12.1 Å². The Labute approximate surface area is 188 Å². The summed E-state index contributed by atoms with van der Waals surface area (Å²) in [5.74, 6) is 3.11. The number of fused-ring (bicyclic) bond motifs is 5. The Hall–Kier alpha value is -1.83. The van der Waals surface area contributed by atoms with Gasteiger partial charge in [0, 0.05) is 6.92 Å². The first-order valence-electron chi connectivity index (χ1n) is 12.5. The van der Waals surface area contributed by atoms with Gasteiger partial charge >= 0.3 is 5.97 Å². The van der Waals surface area contributed by atoms with Crippen molar-refractivity contribution in [1.29, 1.82) is 0 Å². The lowest BCUT2D eigenvalue weighted by molar-refractivity contribution is -0.158. The highest BCUT2D eigenvalue weighted by atomic mass is 16.5. The summed E-state index contributed by atoms with van der Waals surface area (Å²) in [6.45, 7) is 6.69. The van der Waals surface area contributed by atoms with Crippen molar-refractivity contribution in [2.75, 3.05) is 0 Å². The molecule has 2 nitrogen and oxygen atoms in total. The van der Waals surface area contributed by atoms with Crippen LogP contribution in [0.15, 0.2) is 48.1 Å². The molecule has 1 aromatic carbocycles. The van der Waals surface area contributed by atoms with Gasteiger partial charge in [0.25, 0.3) is 0 Å². The molecule has 0 heterocycles. The number of ether oxygens (including phenoxy) is 1. The molecule has 0 bridgehead atoms. The fraction of sp³-hybridized carbons (Fsp3) is 0.621. The maximum absolute atomic E-state index is 11.5. The van der Waals surface area contributed by atoms with Crippen LogP contribution in [0.25, 0.3) is 6.08 Å². The second kappa shape index (κ2) is 7.94. The van der Waals surface area contributed by atoms with Crippen molar-refractivity contribution in [3.63, 3.8) is 0 Å². The molecule has 0 radical (unpaired) electrons. The van der Waals surface area contributed by atoms with E-state index in [0.29, 0.717) is 10.8 Å². The molecule has 31 heavy (non-hydrogen) atoms. The van der Waals surface area contributed by atoms with Crippen LogP contribution < -0.4 is 0 Å². The number of hydrogen-bond acceptors (Lipinski definition) is 2. The van der Waals surface area contributed by atoms with Gasteiger partial charge < -0.3 is 4.74 Å². The predicted octanol–water partition coefficient (Wildman–Crippen LogP) is 7.21. The molecule has 4 aliphatic rings. The molecular formula is C29H38O2. The molecule has 0 spiro atoms. The van der Waals surface area contributed by atoms with Crippen molar-refractivity contribution in [2.45, 2.75) is 78.2 Å². The van der Waals surface area contributed by atoms with Crippen LogP contribution in [0.4, 0.5) is 0 Å². The lowest BCUT2D eigenvalue weighted by Gasteiger charge is -2.60. The van der Waals surface area contributed by atoms with Gasteiger partial charge in [-0.3, -0.25) is 4.79 Å². The number of carbonyl (C=O) groups excluding carboxylic acids is 1. The number of rotatable bonds is 3. The van der Waals surface area contributed by atoms with Crippen molar-refractivity contribution in [1.82, 2.24) is 0 Å². The predicted molar refractivity (Wildman–Crippen MR) is 126 cm³/mol. The normalized spacial score (nSPS) is 41.8. The smallest absolute Gasteiger partial charge is 0.302 e. The quantitative estimate of drug-likeness (QED) is 0.485. The van der Waals surface area contributed by atoms with Gasteiger partial charge in [-0.15, -0.1) is 0 Å². The number of hydrogen-bond donors (Lipinski definition) is 0. The summed E-state index contributed by atoms with van der Waals surface area (Å²) in [6.07, 6.45) is 17.4. The molecule has 3 saturated carbocycles. The summed E-state index contributed by atoms with van der Waals surface area (Å²) in [7, 11) is 0. The molecule has 0 aromatic heterocycles. The molecular weight excluding hydrogens is 380 g/mol. The van der Waals surface area contributed by atoms with E-state index in [0.717, 1.165) is 36.5 Å². The highest BCUT2D eigenvalue weighted by molar-refractivity contribution is 5.66. The Morgan fingerprint density at radius 3 is 2.58 bits per heavy atom. The third-order valence-corrected chi connectivity index (χ3v) is 9.85. The minimum absolute atomic E-state index is 0.108. The van der Waals surface area contributed by atoms with Gasteiger partial charge in [-0.2, -0.15) is 0 Å². The topological polar surface area (TPSA) is 26.3 Å².